The Morgan fingerprint density at radius 2 is 1.74 bits per heavy atom. The van der Waals surface area contributed by atoms with Crippen molar-refractivity contribution in [1.29, 1.82) is 0 Å². The number of benzene rings is 1. The fourth-order valence-electron chi connectivity index (χ4n) is 4.92. The first-order valence-corrected chi connectivity index (χ1v) is 11.0. The van der Waals surface area contributed by atoms with Gasteiger partial charge in [0.1, 0.15) is 17.4 Å². The van der Waals surface area contributed by atoms with E-state index in [1.807, 2.05) is 42.2 Å². The average molecular weight is 425 g/mol. The first-order valence-electron chi connectivity index (χ1n) is 11.0. The summed E-state index contributed by atoms with van der Waals surface area (Å²) in [6, 6.07) is 9.82. The molecule has 3 heterocycles. The summed E-state index contributed by atoms with van der Waals surface area (Å²) in [5.41, 5.74) is 7.34. The first kappa shape index (κ1) is 21.6. The number of rotatable bonds is 4. The molecule has 7 heteroatoms. The van der Waals surface area contributed by atoms with E-state index in [1.165, 1.54) is 0 Å². The van der Waals surface area contributed by atoms with Crippen molar-refractivity contribution in [3.05, 3.63) is 47.4 Å². The number of aryl methyl sites for hydroxylation is 1. The molecule has 166 valence electrons. The molecular weight excluding hydrogens is 392 g/mol. The predicted molar refractivity (Wildman–Crippen MR) is 119 cm³/mol. The topological polar surface area (TPSA) is 90.6 Å². The first-order chi connectivity index (χ1) is 14.9. The highest BCUT2D eigenvalue weighted by Gasteiger charge is 2.46. The van der Waals surface area contributed by atoms with Crippen LogP contribution in [0.3, 0.4) is 0 Å². The highest BCUT2D eigenvalue weighted by molar-refractivity contribution is 5.88. The number of likely N-dealkylation sites (tertiary alicyclic amines) is 1. The Balaban J connectivity index is 1.55. The van der Waals surface area contributed by atoms with E-state index in [1.54, 1.807) is 7.11 Å². The van der Waals surface area contributed by atoms with Gasteiger partial charge in [-0.3, -0.25) is 4.79 Å². The van der Waals surface area contributed by atoms with Gasteiger partial charge < -0.3 is 20.1 Å². The summed E-state index contributed by atoms with van der Waals surface area (Å²) in [5.74, 6) is 2.20. The third-order valence-corrected chi connectivity index (χ3v) is 7.03. The highest BCUT2D eigenvalue weighted by atomic mass is 16.5. The number of anilines is 1. The lowest BCUT2D eigenvalue weighted by molar-refractivity contribution is -0.143. The maximum absolute atomic E-state index is 13.9. The van der Waals surface area contributed by atoms with E-state index in [0.717, 1.165) is 29.8 Å². The van der Waals surface area contributed by atoms with Crippen LogP contribution in [0.15, 0.2) is 30.3 Å². The maximum atomic E-state index is 13.9. The van der Waals surface area contributed by atoms with Crippen LogP contribution in [-0.4, -0.2) is 54.2 Å². The lowest BCUT2D eigenvalue weighted by atomic mass is 9.71. The summed E-state index contributed by atoms with van der Waals surface area (Å²) in [5, 5.41) is 0. The van der Waals surface area contributed by atoms with Crippen LogP contribution in [0.5, 0.6) is 5.75 Å². The van der Waals surface area contributed by atoms with Crippen molar-refractivity contribution < 1.29 is 14.3 Å². The minimum atomic E-state index is -0.534. The van der Waals surface area contributed by atoms with Crippen LogP contribution in [-0.2, 0) is 20.4 Å². The number of nitrogens with two attached hydrogens (primary N) is 1. The fourth-order valence-corrected chi connectivity index (χ4v) is 4.92. The quantitative estimate of drug-likeness (QED) is 0.811. The van der Waals surface area contributed by atoms with Crippen LogP contribution < -0.4 is 10.5 Å². The van der Waals surface area contributed by atoms with Crippen LogP contribution in [0.25, 0.3) is 0 Å². The number of carbonyl (C=O) groups is 1. The number of aromatic nitrogens is 2. The third kappa shape index (κ3) is 4.11. The predicted octanol–water partition coefficient (Wildman–Crippen LogP) is 3.00. The second-order valence-electron chi connectivity index (χ2n) is 9.00. The molecule has 0 aliphatic carbocycles. The SMILES string of the molecule is COc1ccc(C2(C(=O)N3CCC(C)(c4cc(N)nc(C)n4)CC3)CCOCC2)cc1. The van der Waals surface area contributed by atoms with Crippen molar-refractivity contribution in [1.82, 2.24) is 14.9 Å². The van der Waals surface area contributed by atoms with Gasteiger partial charge in [-0.05, 0) is 50.3 Å². The zero-order chi connectivity index (χ0) is 22.1. The molecule has 2 aliphatic heterocycles. The van der Waals surface area contributed by atoms with Gasteiger partial charge >= 0.3 is 0 Å². The number of methoxy groups -OCH3 is 1. The van der Waals surface area contributed by atoms with E-state index in [-0.39, 0.29) is 11.3 Å². The van der Waals surface area contributed by atoms with Crippen molar-refractivity contribution in [2.75, 3.05) is 39.1 Å². The zero-order valence-electron chi connectivity index (χ0n) is 18.7. The van der Waals surface area contributed by atoms with Gasteiger partial charge in [0.25, 0.3) is 0 Å². The lowest BCUT2D eigenvalue weighted by Gasteiger charge is -2.45. The van der Waals surface area contributed by atoms with Gasteiger partial charge in [0.15, 0.2) is 0 Å². The summed E-state index contributed by atoms with van der Waals surface area (Å²) in [6.45, 7) is 6.69. The largest absolute Gasteiger partial charge is 0.497 e. The molecule has 0 spiro atoms. The third-order valence-electron chi connectivity index (χ3n) is 7.03. The molecule has 0 atom stereocenters. The van der Waals surface area contributed by atoms with Gasteiger partial charge in [-0.25, -0.2) is 9.97 Å². The van der Waals surface area contributed by atoms with E-state index in [4.69, 9.17) is 15.2 Å². The molecule has 2 N–H and O–H groups in total. The molecule has 0 saturated carbocycles. The van der Waals surface area contributed by atoms with Crippen LogP contribution in [0.1, 0.15) is 49.7 Å². The van der Waals surface area contributed by atoms with E-state index in [2.05, 4.69) is 16.9 Å². The molecule has 2 fully saturated rings. The molecular formula is C24H32N4O3. The Hall–Kier alpha value is -2.67. The molecule has 1 aromatic heterocycles. The molecule has 2 aromatic rings. The van der Waals surface area contributed by atoms with Crippen molar-refractivity contribution in [3.8, 4) is 5.75 Å². The second kappa shape index (κ2) is 8.46. The fraction of sp³-hybridized carbons (Fsp3) is 0.542. The number of nitrogens with zero attached hydrogens (tertiary/aromatic N) is 3. The standard InChI is InChI=1S/C24H32N4O3/c1-17-26-20(16-21(25)27-17)23(2)8-12-28(13-9-23)22(29)24(10-14-31-15-11-24)18-4-6-19(30-3)7-5-18/h4-7,16H,8-15H2,1-3H3,(H2,25,26,27). The Morgan fingerprint density at radius 3 is 2.32 bits per heavy atom. The normalized spacial score (nSPS) is 20.3. The van der Waals surface area contributed by atoms with Crippen LogP contribution >= 0.6 is 0 Å². The second-order valence-corrected chi connectivity index (χ2v) is 9.00. The van der Waals surface area contributed by atoms with Crippen molar-refractivity contribution in [3.63, 3.8) is 0 Å². The molecule has 0 bridgehead atoms. The van der Waals surface area contributed by atoms with Gasteiger partial charge in [0.2, 0.25) is 5.91 Å². The highest BCUT2D eigenvalue weighted by Crippen LogP contribution is 2.40. The monoisotopic (exact) mass is 424 g/mol. The number of nitrogen functional groups attached to an aromatic ring is 1. The zero-order valence-corrected chi connectivity index (χ0v) is 18.7. The van der Waals surface area contributed by atoms with Gasteiger partial charge in [0, 0.05) is 37.8 Å². The molecule has 0 radical (unpaired) electrons. The molecule has 1 aromatic carbocycles. The molecule has 7 nitrogen and oxygen atoms in total. The van der Waals surface area contributed by atoms with Crippen LogP contribution in [0.2, 0.25) is 0 Å². The number of carbonyl (C=O) groups excluding carboxylic acids is 1. The van der Waals surface area contributed by atoms with Gasteiger partial charge in [-0.2, -0.15) is 0 Å². The van der Waals surface area contributed by atoms with Crippen molar-refractivity contribution in [2.24, 2.45) is 0 Å². The summed E-state index contributed by atoms with van der Waals surface area (Å²) in [7, 11) is 1.65. The van der Waals surface area contributed by atoms with E-state index < -0.39 is 5.41 Å². The van der Waals surface area contributed by atoms with E-state index in [0.29, 0.717) is 50.8 Å². The summed E-state index contributed by atoms with van der Waals surface area (Å²) in [6.07, 6.45) is 3.11. The summed E-state index contributed by atoms with van der Waals surface area (Å²) in [4.78, 5) is 24.8. The lowest BCUT2D eigenvalue weighted by Crippen LogP contribution is -2.53. The molecule has 2 aliphatic rings. The van der Waals surface area contributed by atoms with Gasteiger partial charge in [-0.15, -0.1) is 0 Å². The van der Waals surface area contributed by atoms with Gasteiger partial charge in [0.05, 0.1) is 18.2 Å². The Morgan fingerprint density at radius 1 is 1.10 bits per heavy atom. The molecule has 2 saturated heterocycles. The molecule has 31 heavy (non-hydrogen) atoms. The Kier molecular flexibility index (Phi) is 5.88. The number of piperidine rings is 1. The molecule has 4 rings (SSSR count). The average Bonchev–Trinajstić information content (AvgIpc) is 2.79. The summed E-state index contributed by atoms with van der Waals surface area (Å²) < 4.78 is 10.9. The van der Waals surface area contributed by atoms with E-state index in [9.17, 15) is 4.79 Å². The number of ether oxygens (including phenoxy) is 2. The number of hydrogen-bond donors (Lipinski definition) is 1. The van der Waals surface area contributed by atoms with Gasteiger partial charge in [-0.1, -0.05) is 19.1 Å². The smallest absolute Gasteiger partial charge is 0.233 e. The van der Waals surface area contributed by atoms with Crippen LogP contribution in [0.4, 0.5) is 5.82 Å². The minimum absolute atomic E-state index is 0.110. The summed E-state index contributed by atoms with van der Waals surface area (Å²) >= 11 is 0. The molecule has 1 amide bonds. The molecule has 0 unspecified atom stereocenters. The Bertz CT molecular complexity index is 910. The Labute approximate surface area is 184 Å². The maximum Gasteiger partial charge on any atom is 0.233 e. The van der Waals surface area contributed by atoms with Crippen molar-refractivity contribution in [2.45, 2.75) is 50.4 Å². The van der Waals surface area contributed by atoms with Crippen LogP contribution in [0, 0.1) is 6.92 Å². The van der Waals surface area contributed by atoms with Crippen molar-refractivity contribution >= 4 is 11.7 Å². The minimum Gasteiger partial charge on any atom is -0.497 e. The number of amides is 1. The number of hydrogen-bond acceptors (Lipinski definition) is 6. The van der Waals surface area contributed by atoms with E-state index >= 15 is 0 Å².